The zero-order chi connectivity index (χ0) is 25.1. The van der Waals surface area contributed by atoms with Crippen LogP contribution in [-0.2, 0) is 6.42 Å². The summed E-state index contributed by atoms with van der Waals surface area (Å²) < 4.78 is 11.1. The summed E-state index contributed by atoms with van der Waals surface area (Å²) in [7, 11) is 1.95. The van der Waals surface area contributed by atoms with Gasteiger partial charge in [0, 0.05) is 40.8 Å². The van der Waals surface area contributed by atoms with E-state index in [0.717, 1.165) is 36.2 Å². The van der Waals surface area contributed by atoms with E-state index >= 15 is 0 Å². The highest BCUT2D eigenvalue weighted by atomic mass is 16.6. The van der Waals surface area contributed by atoms with Crippen molar-refractivity contribution in [3.05, 3.63) is 76.9 Å². The number of carbonyl (C=O) groups excluding carboxylic acids is 2. The smallest absolute Gasteiger partial charge is 0.255 e. The first-order chi connectivity index (χ1) is 17.5. The second-order valence-corrected chi connectivity index (χ2v) is 9.11. The second-order valence-electron chi connectivity index (χ2n) is 9.11. The first kappa shape index (κ1) is 23.7. The fraction of sp³-hybridized carbons (Fsp3) is 0.286. The third-order valence-electron chi connectivity index (χ3n) is 6.49. The van der Waals surface area contributed by atoms with Gasteiger partial charge in [-0.2, -0.15) is 0 Å². The first-order valence-corrected chi connectivity index (χ1v) is 12.2. The van der Waals surface area contributed by atoms with Crippen LogP contribution in [0.5, 0.6) is 11.5 Å². The van der Waals surface area contributed by atoms with Crippen molar-refractivity contribution >= 4 is 28.9 Å². The summed E-state index contributed by atoms with van der Waals surface area (Å²) in [5.41, 5.74) is 5.42. The molecule has 8 nitrogen and oxygen atoms in total. The summed E-state index contributed by atoms with van der Waals surface area (Å²) >= 11 is 0. The maximum Gasteiger partial charge on any atom is 0.255 e. The fourth-order valence-corrected chi connectivity index (χ4v) is 4.52. The molecule has 0 spiro atoms. The number of anilines is 3. The van der Waals surface area contributed by atoms with Crippen molar-refractivity contribution in [3.63, 3.8) is 0 Å². The molecule has 2 amide bonds. The number of ether oxygens (including phenoxy) is 2. The molecule has 0 fully saturated rings. The summed E-state index contributed by atoms with van der Waals surface area (Å²) in [6.07, 6.45) is 1.94. The number of aryl methyl sites for hydroxylation is 2. The van der Waals surface area contributed by atoms with E-state index < -0.39 is 0 Å². The van der Waals surface area contributed by atoms with E-state index in [1.54, 1.807) is 24.3 Å². The summed E-state index contributed by atoms with van der Waals surface area (Å²) in [4.78, 5) is 25.9. The van der Waals surface area contributed by atoms with Crippen LogP contribution in [-0.4, -0.2) is 44.7 Å². The lowest BCUT2D eigenvalue weighted by molar-refractivity contribution is 0.101. The topological polar surface area (TPSA) is 101 Å². The van der Waals surface area contributed by atoms with Gasteiger partial charge in [0.05, 0.1) is 0 Å². The molecule has 0 saturated carbocycles. The van der Waals surface area contributed by atoms with Crippen molar-refractivity contribution in [2.24, 2.45) is 0 Å². The minimum Gasteiger partial charge on any atom is -0.486 e. The molecule has 2 heterocycles. The van der Waals surface area contributed by atoms with E-state index in [4.69, 9.17) is 9.47 Å². The minimum atomic E-state index is -0.271. The van der Waals surface area contributed by atoms with E-state index in [1.807, 2.05) is 44.3 Å². The normalized spacial score (nSPS) is 15.9. The van der Waals surface area contributed by atoms with Gasteiger partial charge in [0.15, 0.2) is 11.5 Å². The van der Waals surface area contributed by atoms with Crippen molar-refractivity contribution < 1.29 is 19.1 Å². The van der Waals surface area contributed by atoms with Gasteiger partial charge in [0.25, 0.3) is 11.8 Å². The fourth-order valence-electron chi connectivity index (χ4n) is 4.52. The Morgan fingerprint density at radius 3 is 2.50 bits per heavy atom. The predicted molar refractivity (Wildman–Crippen MR) is 141 cm³/mol. The molecule has 1 unspecified atom stereocenters. The Morgan fingerprint density at radius 2 is 1.67 bits per heavy atom. The number of amides is 2. The van der Waals surface area contributed by atoms with Gasteiger partial charge >= 0.3 is 0 Å². The largest absolute Gasteiger partial charge is 0.486 e. The van der Waals surface area contributed by atoms with Crippen LogP contribution in [0.15, 0.2) is 54.6 Å². The van der Waals surface area contributed by atoms with Crippen molar-refractivity contribution in [2.45, 2.75) is 25.8 Å². The number of hydrogen-bond donors (Lipinski definition) is 4. The monoisotopic (exact) mass is 486 g/mol. The molecule has 36 heavy (non-hydrogen) atoms. The third kappa shape index (κ3) is 5.13. The zero-order valence-electron chi connectivity index (χ0n) is 20.4. The molecule has 0 bridgehead atoms. The van der Waals surface area contributed by atoms with Crippen LogP contribution in [0.4, 0.5) is 17.1 Å². The lowest BCUT2D eigenvalue weighted by atomic mass is 9.96. The molecule has 2 aliphatic heterocycles. The number of nitrogens with one attached hydrogen (secondary N) is 4. The number of hydrogen-bond acceptors (Lipinski definition) is 6. The molecule has 3 aromatic rings. The van der Waals surface area contributed by atoms with E-state index in [1.165, 1.54) is 0 Å². The quantitative estimate of drug-likeness (QED) is 0.416. The molecular formula is C28H30N4O4. The van der Waals surface area contributed by atoms with Crippen LogP contribution in [0.25, 0.3) is 0 Å². The molecule has 3 aromatic carbocycles. The van der Waals surface area contributed by atoms with Crippen molar-refractivity contribution in [3.8, 4) is 11.5 Å². The number of benzene rings is 3. The summed E-state index contributed by atoms with van der Waals surface area (Å²) in [5.74, 6) is 0.734. The maximum absolute atomic E-state index is 13.1. The Morgan fingerprint density at radius 1 is 0.917 bits per heavy atom. The molecule has 0 aliphatic carbocycles. The van der Waals surface area contributed by atoms with E-state index in [2.05, 4.69) is 21.3 Å². The van der Waals surface area contributed by atoms with Crippen LogP contribution in [0.2, 0.25) is 0 Å². The van der Waals surface area contributed by atoms with Gasteiger partial charge in [-0.15, -0.1) is 0 Å². The standard InChI is InChI=1S/C28H30N4O4/c1-17-3-7-21(31-27(33)20-6-10-25-26(14-20)36-12-11-35-25)15-24(17)32-28(34)19-5-9-23-18(13-19)4-8-22(30-23)16-29-2/h3,5-7,9-10,13-15,22,29-30H,4,8,11-12,16H2,1-2H3,(H,31,33)(H,32,34). The van der Waals surface area contributed by atoms with Crippen LogP contribution in [0.3, 0.4) is 0 Å². The molecule has 2 aliphatic rings. The van der Waals surface area contributed by atoms with Crippen molar-refractivity contribution in [1.29, 1.82) is 0 Å². The Kier molecular flexibility index (Phi) is 6.77. The molecule has 5 rings (SSSR count). The lowest BCUT2D eigenvalue weighted by Gasteiger charge is -2.27. The van der Waals surface area contributed by atoms with Gasteiger partial charge in [-0.05, 0) is 86.5 Å². The lowest BCUT2D eigenvalue weighted by Crippen LogP contribution is -2.34. The van der Waals surface area contributed by atoms with Crippen molar-refractivity contribution in [1.82, 2.24) is 5.32 Å². The number of rotatable bonds is 6. The molecule has 8 heteroatoms. The average Bonchev–Trinajstić information content (AvgIpc) is 2.90. The first-order valence-electron chi connectivity index (χ1n) is 12.2. The van der Waals surface area contributed by atoms with E-state index in [9.17, 15) is 9.59 Å². The summed E-state index contributed by atoms with van der Waals surface area (Å²) in [5, 5.41) is 12.6. The highest BCUT2D eigenvalue weighted by Crippen LogP contribution is 2.31. The van der Waals surface area contributed by atoms with E-state index in [0.29, 0.717) is 53.3 Å². The Labute approximate surface area is 210 Å². The molecular weight excluding hydrogens is 456 g/mol. The number of fused-ring (bicyclic) bond motifs is 2. The molecule has 4 N–H and O–H groups in total. The molecule has 0 saturated heterocycles. The Balaban J connectivity index is 1.27. The van der Waals surface area contributed by atoms with Gasteiger partial charge in [0.1, 0.15) is 13.2 Å². The van der Waals surface area contributed by atoms with Gasteiger partial charge in [-0.25, -0.2) is 0 Å². The summed E-state index contributed by atoms with van der Waals surface area (Å²) in [6.45, 7) is 3.77. The van der Waals surface area contributed by atoms with E-state index in [-0.39, 0.29) is 11.8 Å². The van der Waals surface area contributed by atoms with Gasteiger partial charge in [0.2, 0.25) is 0 Å². The second kappa shape index (κ2) is 10.3. The van der Waals surface area contributed by atoms with Crippen LogP contribution in [0, 0.1) is 6.92 Å². The SMILES string of the molecule is CNCC1CCc2cc(C(=O)Nc3cc(NC(=O)c4ccc5c(c4)OCCO5)ccc3C)ccc2N1. The minimum absolute atomic E-state index is 0.187. The highest BCUT2D eigenvalue weighted by molar-refractivity contribution is 6.07. The highest BCUT2D eigenvalue weighted by Gasteiger charge is 2.19. The summed E-state index contributed by atoms with van der Waals surface area (Å²) in [6, 6.07) is 16.7. The number of carbonyl (C=O) groups is 2. The molecule has 186 valence electrons. The van der Waals surface area contributed by atoms with Crippen LogP contribution < -0.4 is 30.7 Å². The molecule has 0 radical (unpaired) electrons. The van der Waals surface area contributed by atoms with Crippen LogP contribution in [0.1, 0.15) is 38.3 Å². The predicted octanol–water partition coefficient (Wildman–Crippen LogP) is 4.22. The third-order valence-corrected chi connectivity index (χ3v) is 6.49. The molecule has 0 aromatic heterocycles. The zero-order valence-corrected chi connectivity index (χ0v) is 20.4. The van der Waals surface area contributed by atoms with Crippen LogP contribution >= 0.6 is 0 Å². The average molecular weight is 487 g/mol. The Hall–Kier alpha value is -4.04. The maximum atomic E-state index is 13.1. The van der Waals surface area contributed by atoms with Gasteiger partial charge in [-0.3, -0.25) is 9.59 Å². The number of likely N-dealkylation sites (N-methyl/N-ethyl adjacent to an activating group) is 1. The van der Waals surface area contributed by atoms with Gasteiger partial charge in [-0.1, -0.05) is 6.07 Å². The van der Waals surface area contributed by atoms with Gasteiger partial charge < -0.3 is 30.7 Å². The Bertz CT molecular complexity index is 1310. The van der Waals surface area contributed by atoms with Crippen molar-refractivity contribution in [2.75, 3.05) is 42.8 Å². The molecule has 1 atom stereocenters.